The van der Waals surface area contributed by atoms with E-state index in [2.05, 4.69) is 18.4 Å². The number of rotatable bonds is 2. The fraction of sp³-hybridized carbons (Fsp3) is 0.864. The molecule has 3 nitrogen and oxygen atoms in total. The maximum atomic E-state index is 13.6. The van der Waals surface area contributed by atoms with Crippen LogP contribution in [0.1, 0.15) is 51.9 Å². The minimum atomic E-state index is 0.135. The van der Waals surface area contributed by atoms with Gasteiger partial charge in [0.2, 0.25) is 0 Å². The van der Waals surface area contributed by atoms with Crippen molar-refractivity contribution in [2.45, 2.75) is 57.9 Å². The van der Waals surface area contributed by atoms with E-state index in [0.29, 0.717) is 29.6 Å². The minimum Gasteiger partial charge on any atom is -0.395 e. The Morgan fingerprint density at radius 1 is 1.28 bits per heavy atom. The molecule has 7 aliphatic rings. The lowest BCUT2D eigenvalue weighted by molar-refractivity contribution is -0.188. The second kappa shape index (κ2) is 4.42. The van der Waals surface area contributed by atoms with E-state index in [9.17, 15) is 9.90 Å². The largest absolute Gasteiger partial charge is 0.395 e. The third-order valence-electron chi connectivity index (χ3n) is 9.97. The zero-order valence-corrected chi connectivity index (χ0v) is 15.5. The molecule has 3 heteroatoms. The third-order valence-corrected chi connectivity index (χ3v) is 9.97. The lowest BCUT2D eigenvalue weighted by Gasteiger charge is -2.66. The lowest BCUT2D eigenvalue weighted by atomic mass is 9.40. The van der Waals surface area contributed by atoms with Gasteiger partial charge in [0.25, 0.3) is 0 Å². The van der Waals surface area contributed by atoms with Crippen molar-refractivity contribution in [3.63, 3.8) is 0 Å². The first-order chi connectivity index (χ1) is 12.0. The SMILES string of the molecule is C=C1C[C@@]23CC(=O)[C@@H]4[C@@]5(C)CCC[C@@]46[C@@H]2C[C@@H]1C[C@@H]3[C@H]6N(CCO)C5. The van der Waals surface area contributed by atoms with Gasteiger partial charge in [0.15, 0.2) is 0 Å². The molecular weight excluding hydrogens is 310 g/mol. The quantitative estimate of drug-likeness (QED) is 0.785. The summed E-state index contributed by atoms with van der Waals surface area (Å²) in [5.41, 5.74) is 2.02. The maximum absolute atomic E-state index is 13.6. The molecule has 0 unspecified atom stereocenters. The fourth-order valence-corrected chi connectivity index (χ4v) is 9.88. The normalized spacial score (nSPS) is 58.7. The van der Waals surface area contributed by atoms with Gasteiger partial charge in [-0.05, 0) is 66.1 Å². The summed E-state index contributed by atoms with van der Waals surface area (Å²) in [7, 11) is 0. The Labute approximate surface area is 150 Å². The van der Waals surface area contributed by atoms with Crippen molar-refractivity contribution in [2.75, 3.05) is 19.7 Å². The van der Waals surface area contributed by atoms with Crippen LogP contribution in [0.15, 0.2) is 12.2 Å². The number of carbonyl (C=O) groups is 1. The summed E-state index contributed by atoms with van der Waals surface area (Å²) >= 11 is 0. The highest BCUT2D eigenvalue weighted by molar-refractivity contribution is 5.86. The number of likely N-dealkylation sites (tertiary alicyclic amines) is 1. The van der Waals surface area contributed by atoms with Crippen LogP contribution in [-0.4, -0.2) is 41.5 Å². The lowest BCUT2D eigenvalue weighted by Crippen LogP contribution is -2.69. The number of Topliss-reactive ketones (excluding diaryl/α,β-unsaturated/α-hetero) is 1. The van der Waals surface area contributed by atoms with Crippen LogP contribution in [-0.2, 0) is 4.79 Å². The Morgan fingerprint density at radius 2 is 2.12 bits per heavy atom. The smallest absolute Gasteiger partial charge is 0.137 e. The van der Waals surface area contributed by atoms with Crippen LogP contribution < -0.4 is 0 Å². The molecule has 1 saturated heterocycles. The van der Waals surface area contributed by atoms with Gasteiger partial charge in [-0.15, -0.1) is 0 Å². The number of aliphatic hydroxyl groups is 1. The number of allylic oxidation sites excluding steroid dienone is 1. The molecule has 6 bridgehead atoms. The van der Waals surface area contributed by atoms with Gasteiger partial charge in [-0.25, -0.2) is 0 Å². The van der Waals surface area contributed by atoms with Gasteiger partial charge >= 0.3 is 0 Å². The van der Waals surface area contributed by atoms with E-state index in [4.69, 9.17) is 0 Å². The summed E-state index contributed by atoms with van der Waals surface area (Å²) in [6, 6.07) is 0.549. The Hall–Kier alpha value is -0.670. The van der Waals surface area contributed by atoms with Gasteiger partial charge in [-0.3, -0.25) is 9.69 Å². The molecule has 1 aliphatic heterocycles. The van der Waals surface area contributed by atoms with Crippen LogP contribution in [0.25, 0.3) is 0 Å². The Kier molecular flexibility index (Phi) is 2.72. The van der Waals surface area contributed by atoms with Crippen LogP contribution in [0, 0.1) is 39.9 Å². The number of hydrogen-bond donors (Lipinski definition) is 1. The fourth-order valence-electron chi connectivity index (χ4n) is 9.88. The molecule has 0 radical (unpaired) electrons. The van der Waals surface area contributed by atoms with Gasteiger partial charge in [-0.2, -0.15) is 0 Å². The van der Waals surface area contributed by atoms with Gasteiger partial charge in [0.05, 0.1) is 6.61 Å². The summed E-state index contributed by atoms with van der Waals surface area (Å²) in [4.78, 5) is 16.2. The number of nitrogens with zero attached hydrogens (tertiary/aromatic N) is 1. The summed E-state index contributed by atoms with van der Waals surface area (Å²) < 4.78 is 0. The van der Waals surface area contributed by atoms with Gasteiger partial charge in [0, 0.05) is 31.5 Å². The zero-order valence-electron chi connectivity index (χ0n) is 15.5. The van der Waals surface area contributed by atoms with E-state index in [-0.39, 0.29) is 22.9 Å². The molecule has 0 aromatic carbocycles. The second-order valence-electron chi connectivity index (χ2n) is 10.7. The molecule has 1 N–H and O–H groups in total. The molecule has 7 fully saturated rings. The molecule has 136 valence electrons. The van der Waals surface area contributed by atoms with Crippen LogP contribution >= 0.6 is 0 Å². The molecule has 25 heavy (non-hydrogen) atoms. The van der Waals surface area contributed by atoms with Crippen molar-refractivity contribution in [2.24, 2.45) is 39.9 Å². The average molecular weight is 341 g/mol. The van der Waals surface area contributed by atoms with Gasteiger partial charge in [0.1, 0.15) is 5.78 Å². The van der Waals surface area contributed by atoms with Crippen molar-refractivity contribution < 1.29 is 9.90 Å². The molecular formula is C22H31NO2. The van der Waals surface area contributed by atoms with Crippen molar-refractivity contribution in [1.29, 1.82) is 0 Å². The summed E-state index contributed by atoms with van der Waals surface area (Å²) in [6.45, 7) is 8.91. The Bertz CT molecular complexity index is 688. The van der Waals surface area contributed by atoms with Crippen molar-refractivity contribution in [3.05, 3.63) is 12.2 Å². The molecule has 0 aromatic heterocycles. The van der Waals surface area contributed by atoms with Crippen LogP contribution in [0.4, 0.5) is 0 Å². The van der Waals surface area contributed by atoms with Crippen LogP contribution in [0.3, 0.4) is 0 Å². The molecule has 1 heterocycles. The average Bonchev–Trinajstić information content (AvgIpc) is 2.64. The van der Waals surface area contributed by atoms with Crippen molar-refractivity contribution in [1.82, 2.24) is 4.90 Å². The minimum absolute atomic E-state index is 0.135. The third kappa shape index (κ3) is 1.46. The molecule has 0 amide bonds. The predicted octanol–water partition coefficient (Wildman–Crippen LogP) is 3.03. The van der Waals surface area contributed by atoms with Crippen molar-refractivity contribution >= 4 is 5.78 Å². The standard InChI is InChI=1S/C22H31NO2/c1-13-10-21-11-16(25)18-20(2)4-3-5-22(18)17(21)9-14(13)8-15(21)19(22)23(12-20)6-7-24/h14-15,17-19,24H,1,3-12H2,2H3/t14-,15+,17+,18+,19+,20-,21-,22+/m0/s1. The summed E-state index contributed by atoms with van der Waals surface area (Å²) in [5, 5.41) is 9.77. The first-order valence-corrected chi connectivity index (χ1v) is 10.5. The van der Waals surface area contributed by atoms with Crippen LogP contribution in [0.2, 0.25) is 0 Å². The number of carbonyl (C=O) groups excluding carboxylic acids is 1. The Morgan fingerprint density at radius 3 is 2.92 bits per heavy atom. The first-order valence-electron chi connectivity index (χ1n) is 10.5. The molecule has 7 rings (SSSR count). The zero-order chi connectivity index (χ0) is 17.2. The van der Waals surface area contributed by atoms with E-state index in [1.807, 2.05) is 0 Å². The summed E-state index contributed by atoms with van der Waals surface area (Å²) in [6.07, 6.45) is 8.27. The van der Waals surface area contributed by atoms with E-state index >= 15 is 0 Å². The van der Waals surface area contributed by atoms with E-state index in [0.717, 1.165) is 31.8 Å². The van der Waals surface area contributed by atoms with E-state index in [1.165, 1.54) is 37.7 Å². The molecule has 6 saturated carbocycles. The highest BCUT2D eigenvalue weighted by Gasteiger charge is 2.81. The number of β-amino-alcohol motifs (C(OH)–C–C–N with tert-alkyl or cyclic N) is 1. The van der Waals surface area contributed by atoms with Gasteiger partial charge < -0.3 is 5.11 Å². The van der Waals surface area contributed by atoms with Crippen LogP contribution in [0.5, 0.6) is 0 Å². The predicted molar refractivity (Wildman–Crippen MR) is 95.8 cm³/mol. The number of aliphatic hydroxyl groups excluding tert-OH is 1. The second-order valence-corrected chi connectivity index (χ2v) is 10.7. The number of fused-ring (bicyclic) bond motifs is 1. The highest BCUT2D eigenvalue weighted by Crippen LogP contribution is 2.82. The number of piperidine rings is 1. The van der Waals surface area contributed by atoms with E-state index in [1.54, 1.807) is 0 Å². The molecule has 8 atom stereocenters. The monoisotopic (exact) mass is 341 g/mol. The molecule has 0 aromatic rings. The number of ketones is 1. The van der Waals surface area contributed by atoms with Gasteiger partial charge in [-0.1, -0.05) is 25.5 Å². The van der Waals surface area contributed by atoms with E-state index < -0.39 is 0 Å². The Balaban J connectivity index is 1.60. The molecule has 2 spiro atoms. The van der Waals surface area contributed by atoms with Crippen molar-refractivity contribution in [3.8, 4) is 0 Å². The number of hydrogen-bond acceptors (Lipinski definition) is 3. The maximum Gasteiger partial charge on any atom is 0.137 e. The molecule has 6 aliphatic carbocycles. The highest BCUT2D eigenvalue weighted by atomic mass is 16.3. The summed E-state index contributed by atoms with van der Waals surface area (Å²) in [5.74, 6) is 3.01. The first kappa shape index (κ1) is 15.4. The topological polar surface area (TPSA) is 40.5 Å².